The van der Waals surface area contributed by atoms with Gasteiger partial charge in [-0.2, -0.15) is 9.90 Å². The van der Waals surface area contributed by atoms with E-state index >= 15 is 0 Å². The highest BCUT2D eigenvalue weighted by Gasteiger charge is 2.26. The maximum atomic E-state index is 13.4. The van der Waals surface area contributed by atoms with Gasteiger partial charge in [0.15, 0.2) is 17.2 Å². The third-order valence-electron chi connectivity index (χ3n) is 5.39. The molecule has 0 N–H and O–H groups in total. The molecule has 0 unspecified atom stereocenters. The number of carbonyl (C=O) groups excluding carboxylic acids is 1. The Bertz CT molecular complexity index is 1080. The SMILES string of the molecule is C=CCOc1ccc(CN(C[C@@H]2CCCO2)C(=O)c2cnn(-c3ccccc3)n2)cc1OC. The van der Waals surface area contributed by atoms with Crippen molar-refractivity contribution in [3.05, 3.63) is 78.6 Å². The Morgan fingerprint density at radius 2 is 2.12 bits per heavy atom. The number of ether oxygens (including phenoxy) is 3. The number of hydrogen-bond donors (Lipinski definition) is 0. The maximum absolute atomic E-state index is 13.4. The molecule has 0 saturated carbocycles. The summed E-state index contributed by atoms with van der Waals surface area (Å²) in [5.41, 5.74) is 2.00. The highest BCUT2D eigenvalue weighted by molar-refractivity contribution is 5.92. The van der Waals surface area contributed by atoms with Crippen LogP contribution in [-0.4, -0.2) is 58.8 Å². The number of amides is 1. The second kappa shape index (κ2) is 10.8. The molecule has 1 amide bonds. The highest BCUT2D eigenvalue weighted by atomic mass is 16.5. The number of rotatable bonds is 10. The van der Waals surface area contributed by atoms with Crippen LogP contribution < -0.4 is 9.47 Å². The minimum Gasteiger partial charge on any atom is -0.493 e. The van der Waals surface area contributed by atoms with E-state index in [1.54, 1.807) is 18.1 Å². The van der Waals surface area contributed by atoms with Crippen LogP contribution in [0.25, 0.3) is 5.69 Å². The highest BCUT2D eigenvalue weighted by Crippen LogP contribution is 2.29. The van der Waals surface area contributed by atoms with Crippen LogP contribution >= 0.6 is 0 Å². The van der Waals surface area contributed by atoms with E-state index in [-0.39, 0.29) is 17.7 Å². The predicted octanol–water partition coefficient (Wildman–Crippen LogP) is 3.66. The lowest BCUT2D eigenvalue weighted by atomic mass is 10.1. The molecule has 0 spiro atoms. The number of nitrogens with zero attached hydrogens (tertiary/aromatic N) is 4. The van der Waals surface area contributed by atoms with Crippen LogP contribution in [0.1, 0.15) is 28.9 Å². The quantitative estimate of drug-likeness (QED) is 0.441. The van der Waals surface area contributed by atoms with Gasteiger partial charge in [0.1, 0.15) is 6.61 Å². The zero-order chi connectivity index (χ0) is 23.0. The van der Waals surface area contributed by atoms with Gasteiger partial charge in [-0.15, -0.1) is 5.10 Å². The van der Waals surface area contributed by atoms with E-state index in [4.69, 9.17) is 14.2 Å². The topological polar surface area (TPSA) is 78.7 Å². The first-order valence-electron chi connectivity index (χ1n) is 11.0. The Balaban J connectivity index is 1.55. The van der Waals surface area contributed by atoms with Crippen LogP contribution in [0.5, 0.6) is 11.5 Å². The van der Waals surface area contributed by atoms with Crippen molar-refractivity contribution in [3.63, 3.8) is 0 Å². The zero-order valence-electron chi connectivity index (χ0n) is 18.7. The van der Waals surface area contributed by atoms with E-state index in [1.807, 2.05) is 48.5 Å². The van der Waals surface area contributed by atoms with Crippen molar-refractivity contribution >= 4 is 5.91 Å². The molecule has 8 nitrogen and oxygen atoms in total. The van der Waals surface area contributed by atoms with Crippen LogP contribution in [0.4, 0.5) is 0 Å². The minimum atomic E-state index is -0.196. The summed E-state index contributed by atoms with van der Waals surface area (Å²) in [6.45, 7) is 5.64. The minimum absolute atomic E-state index is 0.00946. The van der Waals surface area contributed by atoms with Gasteiger partial charge in [-0.1, -0.05) is 36.9 Å². The number of methoxy groups -OCH3 is 1. The van der Waals surface area contributed by atoms with E-state index in [0.29, 0.717) is 31.2 Å². The summed E-state index contributed by atoms with van der Waals surface area (Å²) < 4.78 is 16.9. The van der Waals surface area contributed by atoms with Gasteiger partial charge >= 0.3 is 0 Å². The lowest BCUT2D eigenvalue weighted by Gasteiger charge is -2.25. The zero-order valence-corrected chi connectivity index (χ0v) is 18.7. The number of benzene rings is 2. The van der Waals surface area contributed by atoms with Gasteiger partial charge in [0.25, 0.3) is 5.91 Å². The van der Waals surface area contributed by atoms with Crippen LogP contribution in [0.15, 0.2) is 67.4 Å². The Hall–Kier alpha value is -3.65. The number of para-hydroxylation sites is 1. The van der Waals surface area contributed by atoms with Crippen molar-refractivity contribution in [2.75, 3.05) is 26.9 Å². The van der Waals surface area contributed by atoms with Crippen molar-refractivity contribution in [1.29, 1.82) is 0 Å². The lowest BCUT2D eigenvalue weighted by Crippen LogP contribution is -2.37. The van der Waals surface area contributed by atoms with Crippen LogP contribution in [-0.2, 0) is 11.3 Å². The van der Waals surface area contributed by atoms with Gasteiger partial charge in [-0.3, -0.25) is 4.79 Å². The molecule has 2 aromatic carbocycles. The first-order valence-corrected chi connectivity index (χ1v) is 11.0. The fraction of sp³-hybridized carbons (Fsp3) is 0.320. The second-order valence-corrected chi connectivity index (χ2v) is 7.76. The molecule has 4 rings (SSSR count). The number of hydrogen-bond acceptors (Lipinski definition) is 6. The van der Waals surface area contributed by atoms with E-state index in [2.05, 4.69) is 16.8 Å². The molecular formula is C25H28N4O4. The number of carbonyl (C=O) groups is 1. The van der Waals surface area contributed by atoms with Crippen LogP contribution in [0, 0.1) is 0 Å². The largest absolute Gasteiger partial charge is 0.493 e. The molecule has 0 radical (unpaired) electrons. The molecule has 3 aromatic rings. The molecule has 0 bridgehead atoms. The molecule has 0 aliphatic carbocycles. The van der Waals surface area contributed by atoms with Crippen molar-refractivity contribution in [2.24, 2.45) is 0 Å². The van der Waals surface area contributed by atoms with Crippen molar-refractivity contribution < 1.29 is 19.0 Å². The fourth-order valence-electron chi connectivity index (χ4n) is 3.76. The molecule has 1 aromatic heterocycles. The first kappa shape index (κ1) is 22.5. The summed E-state index contributed by atoms with van der Waals surface area (Å²) in [5, 5.41) is 8.70. The van der Waals surface area contributed by atoms with E-state index < -0.39 is 0 Å². The molecule has 1 fully saturated rings. The van der Waals surface area contributed by atoms with Gasteiger partial charge in [0.05, 0.1) is 25.1 Å². The number of aromatic nitrogens is 3. The monoisotopic (exact) mass is 448 g/mol. The summed E-state index contributed by atoms with van der Waals surface area (Å²) >= 11 is 0. The van der Waals surface area contributed by atoms with E-state index in [1.165, 1.54) is 11.0 Å². The molecule has 2 heterocycles. The third-order valence-corrected chi connectivity index (χ3v) is 5.39. The summed E-state index contributed by atoms with van der Waals surface area (Å²) in [6, 6.07) is 15.2. The average molecular weight is 449 g/mol. The molecule has 1 atom stereocenters. The second-order valence-electron chi connectivity index (χ2n) is 7.76. The third kappa shape index (κ3) is 5.59. The Morgan fingerprint density at radius 3 is 2.85 bits per heavy atom. The van der Waals surface area contributed by atoms with E-state index in [9.17, 15) is 4.79 Å². The Kier molecular flexibility index (Phi) is 7.36. The molecule has 1 aliphatic rings. The maximum Gasteiger partial charge on any atom is 0.276 e. The summed E-state index contributed by atoms with van der Waals surface area (Å²) in [4.78, 5) is 16.7. The fourth-order valence-corrected chi connectivity index (χ4v) is 3.76. The average Bonchev–Trinajstić information content (AvgIpc) is 3.55. The van der Waals surface area contributed by atoms with Crippen molar-refractivity contribution in [1.82, 2.24) is 19.9 Å². The van der Waals surface area contributed by atoms with Gasteiger partial charge in [0, 0.05) is 19.7 Å². The van der Waals surface area contributed by atoms with Crippen LogP contribution in [0.2, 0.25) is 0 Å². The summed E-state index contributed by atoms with van der Waals surface area (Å²) in [5.74, 6) is 1.04. The van der Waals surface area contributed by atoms with E-state index in [0.717, 1.165) is 30.7 Å². The standard InChI is InChI=1S/C25H28N4O4/c1-3-13-33-23-12-11-19(15-24(23)31-2)17-28(18-21-10-7-14-32-21)25(30)22-16-26-29(27-22)20-8-5-4-6-9-20/h3-6,8-9,11-12,15-16,21H,1,7,10,13-14,17-18H2,2H3/t21-/m0/s1. The molecule has 1 saturated heterocycles. The molecule has 33 heavy (non-hydrogen) atoms. The normalized spacial score (nSPS) is 15.2. The first-order chi connectivity index (χ1) is 16.2. The lowest BCUT2D eigenvalue weighted by molar-refractivity contribution is 0.0502. The van der Waals surface area contributed by atoms with Gasteiger partial charge < -0.3 is 19.1 Å². The molecular weight excluding hydrogens is 420 g/mol. The summed E-state index contributed by atoms with van der Waals surface area (Å²) in [7, 11) is 1.59. The van der Waals surface area contributed by atoms with Crippen LogP contribution in [0.3, 0.4) is 0 Å². The Morgan fingerprint density at radius 1 is 1.27 bits per heavy atom. The smallest absolute Gasteiger partial charge is 0.276 e. The molecule has 172 valence electrons. The summed E-state index contributed by atoms with van der Waals surface area (Å²) in [6.07, 6.45) is 5.12. The van der Waals surface area contributed by atoms with Crippen molar-refractivity contribution in [2.45, 2.75) is 25.5 Å². The molecule has 8 heteroatoms. The van der Waals surface area contributed by atoms with Gasteiger partial charge in [-0.05, 0) is 42.7 Å². The van der Waals surface area contributed by atoms with Gasteiger partial charge in [-0.25, -0.2) is 0 Å². The predicted molar refractivity (Wildman–Crippen MR) is 124 cm³/mol. The van der Waals surface area contributed by atoms with Crippen molar-refractivity contribution in [3.8, 4) is 17.2 Å². The molecule has 1 aliphatic heterocycles. The Labute approximate surface area is 193 Å². The van der Waals surface area contributed by atoms with Gasteiger partial charge in [0.2, 0.25) is 0 Å².